The maximum Gasteiger partial charge on any atom is 0.0502 e. The van der Waals surface area contributed by atoms with E-state index in [1.165, 1.54) is 87.9 Å². The van der Waals surface area contributed by atoms with Crippen molar-refractivity contribution in [2.45, 2.75) is 26.3 Å². The summed E-state index contributed by atoms with van der Waals surface area (Å²) >= 11 is 0. The average molecular weight is 628 g/mol. The third kappa shape index (κ3) is 4.77. The van der Waals surface area contributed by atoms with Crippen LogP contribution >= 0.6 is 0 Å². The molecule has 0 radical (unpaired) electrons. The molecule has 0 aliphatic heterocycles. The van der Waals surface area contributed by atoms with Crippen molar-refractivity contribution in [3.05, 3.63) is 170 Å². The van der Waals surface area contributed by atoms with E-state index in [1.54, 1.807) is 0 Å². The van der Waals surface area contributed by atoms with Gasteiger partial charge in [0, 0.05) is 21.8 Å². The van der Waals surface area contributed by atoms with Crippen LogP contribution in [0.3, 0.4) is 0 Å². The van der Waals surface area contributed by atoms with Gasteiger partial charge >= 0.3 is 0 Å². The van der Waals surface area contributed by atoms with Crippen LogP contribution < -0.4 is 0 Å². The van der Waals surface area contributed by atoms with E-state index >= 15 is 0 Å². The first-order valence-electron chi connectivity index (χ1n) is 17.2. The Bertz CT molecular complexity index is 2560. The molecular formula is C48H37N. The number of hydrogen-bond acceptors (Lipinski definition) is 0. The lowest BCUT2D eigenvalue weighted by Crippen LogP contribution is -2.21. The molecule has 9 rings (SSSR count). The Morgan fingerprint density at radius 2 is 0.776 bits per heavy atom. The van der Waals surface area contributed by atoms with Crippen LogP contribution in [0, 0.1) is 0 Å². The van der Waals surface area contributed by atoms with E-state index < -0.39 is 0 Å². The second-order valence-electron chi connectivity index (χ2n) is 14.1. The summed E-state index contributed by atoms with van der Waals surface area (Å²) in [5.41, 5.74) is 12.4. The molecule has 9 aromatic rings. The Morgan fingerprint density at radius 3 is 1.31 bits per heavy atom. The summed E-state index contributed by atoms with van der Waals surface area (Å²) < 4.78 is 2.51. The largest absolute Gasteiger partial charge is 0.335 e. The number of benzene rings is 8. The van der Waals surface area contributed by atoms with Crippen molar-refractivity contribution in [1.82, 2.24) is 4.57 Å². The molecule has 0 spiro atoms. The van der Waals surface area contributed by atoms with Crippen molar-refractivity contribution in [3.8, 4) is 44.5 Å². The van der Waals surface area contributed by atoms with Crippen LogP contribution in [0.1, 0.15) is 20.8 Å². The highest BCUT2D eigenvalue weighted by molar-refractivity contribution is 6.26. The van der Waals surface area contributed by atoms with E-state index in [4.69, 9.17) is 0 Å². The molecule has 49 heavy (non-hydrogen) atoms. The number of aromatic nitrogens is 1. The van der Waals surface area contributed by atoms with Gasteiger partial charge in [0.1, 0.15) is 0 Å². The van der Waals surface area contributed by atoms with Gasteiger partial charge in [-0.1, -0.05) is 140 Å². The summed E-state index contributed by atoms with van der Waals surface area (Å²) in [6.45, 7) is 6.91. The Labute approximate surface area is 287 Å². The minimum absolute atomic E-state index is 0.0752. The van der Waals surface area contributed by atoms with Crippen molar-refractivity contribution in [3.63, 3.8) is 0 Å². The maximum atomic E-state index is 2.51. The van der Waals surface area contributed by atoms with Crippen molar-refractivity contribution in [2.24, 2.45) is 0 Å². The van der Waals surface area contributed by atoms with Crippen molar-refractivity contribution < 1.29 is 0 Å². The summed E-state index contributed by atoms with van der Waals surface area (Å²) in [5.74, 6) is 0. The fourth-order valence-corrected chi connectivity index (χ4v) is 8.05. The summed E-state index contributed by atoms with van der Waals surface area (Å²) in [6, 6.07) is 62.4. The van der Waals surface area contributed by atoms with E-state index in [0.29, 0.717) is 0 Å². The standard InChI is InChI=1S/C48H37N/c1-48(2,3)49-43-27-15-14-25-41(43)47-42(26-16-28-44(47)49)46-39-23-12-10-21-37(39)45(38-22-11-13-24-40(38)46)36-30-34(32-17-6-4-7-18-32)29-35(31-36)33-19-8-5-9-20-33/h4-31H,1-3H3. The zero-order chi connectivity index (χ0) is 33.1. The van der Waals surface area contributed by atoms with Crippen molar-refractivity contribution in [2.75, 3.05) is 0 Å². The molecule has 0 fully saturated rings. The van der Waals surface area contributed by atoms with Gasteiger partial charge in [-0.15, -0.1) is 0 Å². The van der Waals surface area contributed by atoms with Gasteiger partial charge in [-0.05, 0) is 117 Å². The normalized spacial score (nSPS) is 12.0. The first kappa shape index (κ1) is 29.2. The van der Waals surface area contributed by atoms with Crippen molar-refractivity contribution in [1.29, 1.82) is 0 Å². The second kappa shape index (κ2) is 11.4. The number of hydrogen-bond donors (Lipinski definition) is 0. The molecule has 234 valence electrons. The molecule has 0 aliphatic rings. The SMILES string of the molecule is CC(C)(C)n1c2ccccc2c2c(-c3c4ccccc4c(-c4cc(-c5ccccc5)cc(-c5ccccc5)c4)c4ccccc34)cccc21. The Hall–Kier alpha value is -5.92. The number of nitrogens with zero attached hydrogens (tertiary/aromatic N) is 1. The van der Waals surface area contributed by atoms with Crippen LogP contribution in [0.15, 0.2) is 170 Å². The monoisotopic (exact) mass is 627 g/mol. The highest BCUT2D eigenvalue weighted by Gasteiger charge is 2.24. The molecule has 0 bridgehead atoms. The fourth-order valence-electron chi connectivity index (χ4n) is 8.05. The van der Waals surface area contributed by atoms with Crippen LogP contribution in [0.5, 0.6) is 0 Å². The fraction of sp³-hybridized carbons (Fsp3) is 0.0833. The Balaban J connectivity index is 1.41. The molecule has 0 amide bonds. The van der Waals surface area contributed by atoms with Gasteiger partial charge < -0.3 is 4.57 Å². The highest BCUT2D eigenvalue weighted by atomic mass is 15.0. The topological polar surface area (TPSA) is 4.93 Å². The van der Waals surface area contributed by atoms with E-state index in [-0.39, 0.29) is 5.54 Å². The molecule has 0 saturated carbocycles. The molecule has 0 aliphatic carbocycles. The van der Waals surface area contributed by atoms with Gasteiger partial charge in [0.2, 0.25) is 0 Å². The lowest BCUT2D eigenvalue weighted by atomic mass is 9.83. The maximum absolute atomic E-state index is 2.51. The van der Waals surface area contributed by atoms with Crippen LogP contribution in [-0.4, -0.2) is 4.57 Å². The molecule has 0 N–H and O–H groups in total. The molecule has 1 aromatic heterocycles. The third-order valence-electron chi connectivity index (χ3n) is 10.0. The van der Waals surface area contributed by atoms with E-state index in [2.05, 4.69) is 195 Å². The molecule has 0 saturated heterocycles. The van der Waals surface area contributed by atoms with Crippen LogP contribution in [0.4, 0.5) is 0 Å². The lowest BCUT2D eigenvalue weighted by Gasteiger charge is -2.24. The zero-order valence-electron chi connectivity index (χ0n) is 28.1. The van der Waals surface area contributed by atoms with Crippen LogP contribution in [0.25, 0.3) is 87.9 Å². The predicted molar refractivity (Wildman–Crippen MR) is 211 cm³/mol. The summed E-state index contributed by atoms with van der Waals surface area (Å²) in [5, 5.41) is 7.66. The average Bonchev–Trinajstić information content (AvgIpc) is 3.50. The first-order chi connectivity index (χ1) is 24.0. The summed E-state index contributed by atoms with van der Waals surface area (Å²) in [7, 11) is 0. The Morgan fingerprint density at radius 1 is 0.347 bits per heavy atom. The van der Waals surface area contributed by atoms with E-state index in [9.17, 15) is 0 Å². The molecule has 8 aromatic carbocycles. The zero-order valence-corrected chi connectivity index (χ0v) is 28.1. The number of para-hydroxylation sites is 1. The van der Waals surface area contributed by atoms with Gasteiger partial charge in [-0.2, -0.15) is 0 Å². The summed E-state index contributed by atoms with van der Waals surface area (Å²) in [4.78, 5) is 0. The lowest BCUT2D eigenvalue weighted by molar-refractivity contribution is 0.423. The predicted octanol–water partition coefficient (Wildman–Crippen LogP) is 13.5. The molecule has 1 heterocycles. The van der Waals surface area contributed by atoms with Crippen LogP contribution in [0.2, 0.25) is 0 Å². The highest BCUT2D eigenvalue weighted by Crippen LogP contribution is 2.48. The van der Waals surface area contributed by atoms with Gasteiger partial charge in [0.25, 0.3) is 0 Å². The smallest absolute Gasteiger partial charge is 0.0502 e. The molecule has 0 unspecified atom stereocenters. The quantitative estimate of drug-likeness (QED) is 0.171. The van der Waals surface area contributed by atoms with Gasteiger partial charge in [-0.25, -0.2) is 0 Å². The number of fused-ring (bicyclic) bond motifs is 5. The molecule has 0 atom stereocenters. The minimum atomic E-state index is -0.0752. The van der Waals surface area contributed by atoms with E-state index in [1.807, 2.05) is 0 Å². The van der Waals surface area contributed by atoms with Crippen LogP contribution in [-0.2, 0) is 5.54 Å². The molecular weight excluding hydrogens is 591 g/mol. The number of rotatable bonds is 4. The van der Waals surface area contributed by atoms with Gasteiger partial charge in [0.15, 0.2) is 0 Å². The van der Waals surface area contributed by atoms with E-state index in [0.717, 1.165) is 0 Å². The molecule has 1 nitrogen and oxygen atoms in total. The first-order valence-corrected chi connectivity index (χ1v) is 17.2. The van der Waals surface area contributed by atoms with Gasteiger partial charge in [0.05, 0.1) is 5.52 Å². The van der Waals surface area contributed by atoms with Crippen molar-refractivity contribution >= 4 is 43.4 Å². The second-order valence-corrected chi connectivity index (χ2v) is 14.1. The van der Waals surface area contributed by atoms with Gasteiger partial charge in [-0.3, -0.25) is 0 Å². The summed E-state index contributed by atoms with van der Waals surface area (Å²) in [6.07, 6.45) is 0. The molecule has 1 heteroatoms. The Kier molecular flexibility index (Phi) is 6.78. The minimum Gasteiger partial charge on any atom is -0.335 e. The third-order valence-corrected chi connectivity index (χ3v) is 10.0.